The second kappa shape index (κ2) is 15.0. The van der Waals surface area contributed by atoms with E-state index in [1.807, 2.05) is 4.98 Å². The third kappa shape index (κ3) is 10.1. The number of aromatic nitrogens is 4. The molecular weight excluding hydrogens is 780 g/mol. The van der Waals surface area contributed by atoms with Gasteiger partial charge in [-0.2, -0.15) is 12.9 Å². The first kappa shape index (κ1) is 39.9. The van der Waals surface area contributed by atoms with E-state index in [2.05, 4.69) is 27.0 Å². The molecule has 2 aliphatic heterocycles. The Morgan fingerprint density at radius 1 is 0.653 bits per heavy atom. The maximum atomic E-state index is 12.3. The normalized spacial score (nSPS) is 32.2. The van der Waals surface area contributed by atoms with Gasteiger partial charge in [-0.25, -0.2) is 27.8 Å². The largest absolute Gasteiger partial charge is 0.490 e. The molecule has 49 heavy (non-hydrogen) atoms. The van der Waals surface area contributed by atoms with Crippen molar-refractivity contribution in [1.82, 2.24) is 19.1 Å². The lowest BCUT2D eigenvalue weighted by Gasteiger charge is -2.21. The lowest BCUT2D eigenvalue weighted by atomic mass is 10.1. The molecule has 2 aliphatic rings. The Bertz CT molecular complexity index is 1830. The Hall–Kier alpha value is -1.90. The minimum absolute atomic E-state index is 0.0212. The molecule has 0 aliphatic carbocycles. The summed E-state index contributed by atoms with van der Waals surface area (Å²) in [5.74, 6) is 0. The van der Waals surface area contributed by atoms with Gasteiger partial charge in [-0.1, -0.05) is 12.2 Å². The van der Waals surface area contributed by atoms with Gasteiger partial charge in [-0.05, 0) is 6.07 Å². The van der Waals surface area contributed by atoms with Crippen LogP contribution in [0.3, 0.4) is 0 Å². The zero-order valence-corrected chi connectivity index (χ0v) is 28.1. The predicted molar refractivity (Wildman–Crippen MR) is 154 cm³/mol. The van der Waals surface area contributed by atoms with E-state index in [4.69, 9.17) is 21.7 Å². The molecule has 2 aromatic rings. The lowest BCUT2D eigenvalue weighted by Crippen LogP contribution is -2.37. The molecule has 0 saturated carbocycles. The van der Waals surface area contributed by atoms with Crippen molar-refractivity contribution in [2.75, 3.05) is 13.2 Å². The SMILES string of the molecule is O=c1ccn([C@@H]2O[C@H](COP(=O)(O)OP(=O)(O)OP(=O)(O)OP(=O)(O)OC[C@H]3O[C@@H](n4ccc(=S)[nH]c4=O)[C@H](O)[C@@H]3O)[C@H](O)[C@H]2O)c(=O)[nH]1. The first-order valence-corrected chi connectivity index (χ1v) is 19.3. The number of aliphatic hydroxyl groups is 4. The van der Waals surface area contributed by atoms with E-state index in [9.17, 15) is 72.6 Å². The van der Waals surface area contributed by atoms with Gasteiger partial charge in [-0.15, -0.1) is 0 Å². The minimum Gasteiger partial charge on any atom is -0.387 e. The number of hydrogen-bond acceptors (Lipinski definition) is 19. The van der Waals surface area contributed by atoms with Crippen LogP contribution in [0.1, 0.15) is 12.5 Å². The highest BCUT2D eigenvalue weighted by Gasteiger charge is 2.49. The molecule has 2 aromatic heterocycles. The summed E-state index contributed by atoms with van der Waals surface area (Å²) in [6.45, 7) is -2.38. The molecule has 0 spiro atoms. The number of aliphatic hydroxyl groups excluding tert-OH is 4. The molecule has 0 amide bonds. The highest BCUT2D eigenvalue weighted by Crippen LogP contribution is 2.71. The van der Waals surface area contributed by atoms with Crippen LogP contribution in [0.2, 0.25) is 0 Å². The average molecular weight is 806 g/mol. The number of hydrogen-bond donors (Lipinski definition) is 10. The first-order chi connectivity index (χ1) is 22.5. The van der Waals surface area contributed by atoms with Crippen LogP contribution in [-0.2, 0) is 49.7 Å². The zero-order valence-electron chi connectivity index (χ0n) is 23.7. The predicted octanol–water partition coefficient (Wildman–Crippen LogP) is -2.82. The van der Waals surface area contributed by atoms with Crippen LogP contribution in [-0.4, -0.2) is 109 Å². The van der Waals surface area contributed by atoms with Gasteiger partial charge in [0.15, 0.2) is 12.5 Å². The molecule has 31 heteroatoms. The van der Waals surface area contributed by atoms with Crippen LogP contribution in [0.4, 0.5) is 0 Å². The molecule has 4 unspecified atom stereocenters. The number of phosphoric ester groups is 2. The summed E-state index contributed by atoms with van der Waals surface area (Å²) in [5.41, 5.74) is -2.75. The molecule has 26 nitrogen and oxygen atoms in total. The van der Waals surface area contributed by atoms with Crippen molar-refractivity contribution in [2.45, 2.75) is 49.1 Å². The Labute approximate surface area is 275 Å². The van der Waals surface area contributed by atoms with Gasteiger partial charge in [0.1, 0.15) is 41.3 Å². The van der Waals surface area contributed by atoms with Crippen molar-refractivity contribution in [3.05, 3.63) is 60.5 Å². The van der Waals surface area contributed by atoms with E-state index in [-0.39, 0.29) is 4.64 Å². The number of phosphoric acid groups is 4. The van der Waals surface area contributed by atoms with Crippen molar-refractivity contribution in [1.29, 1.82) is 0 Å². The van der Waals surface area contributed by atoms with E-state index in [0.717, 1.165) is 23.0 Å². The van der Waals surface area contributed by atoms with E-state index in [1.54, 1.807) is 0 Å². The zero-order chi connectivity index (χ0) is 36.7. The van der Waals surface area contributed by atoms with Crippen molar-refractivity contribution in [3.63, 3.8) is 0 Å². The molecule has 2 saturated heterocycles. The van der Waals surface area contributed by atoms with Crippen molar-refractivity contribution in [3.8, 4) is 0 Å². The molecular formula is C18H26N4O22P4S. The molecule has 276 valence electrons. The van der Waals surface area contributed by atoms with E-state index in [1.165, 1.54) is 6.07 Å². The van der Waals surface area contributed by atoms with Crippen LogP contribution in [0.15, 0.2) is 38.9 Å². The quantitative estimate of drug-likeness (QED) is 0.0680. The molecule has 2 fully saturated rings. The Kier molecular flexibility index (Phi) is 12.2. The summed E-state index contributed by atoms with van der Waals surface area (Å²) in [4.78, 5) is 78.4. The van der Waals surface area contributed by atoms with Gasteiger partial charge >= 0.3 is 42.7 Å². The average Bonchev–Trinajstić information content (AvgIpc) is 3.38. The summed E-state index contributed by atoms with van der Waals surface area (Å²) in [6, 6.07) is 2.11. The number of H-pyrrole nitrogens is 2. The summed E-state index contributed by atoms with van der Waals surface area (Å²) in [7, 11) is -24.1. The van der Waals surface area contributed by atoms with Crippen molar-refractivity contribution < 1.29 is 89.7 Å². The number of aromatic amines is 2. The molecule has 4 heterocycles. The van der Waals surface area contributed by atoms with Gasteiger partial charge in [0.05, 0.1) is 13.2 Å². The van der Waals surface area contributed by atoms with Gasteiger partial charge < -0.3 is 49.5 Å². The summed E-state index contributed by atoms with van der Waals surface area (Å²) in [5, 5.41) is 40.8. The smallest absolute Gasteiger partial charge is 0.387 e. The monoisotopic (exact) mass is 806 g/mol. The van der Waals surface area contributed by atoms with Crippen LogP contribution < -0.4 is 16.9 Å². The summed E-state index contributed by atoms with van der Waals surface area (Å²) in [6.07, 6.45) is -12.1. The number of rotatable bonds is 14. The molecule has 0 bridgehead atoms. The molecule has 0 radical (unpaired) electrons. The first-order valence-electron chi connectivity index (χ1n) is 12.9. The highest BCUT2D eigenvalue weighted by atomic mass is 32.1. The number of ether oxygens (including phenoxy) is 2. The summed E-state index contributed by atoms with van der Waals surface area (Å²) >= 11 is 4.78. The maximum absolute atomic E-state index is 12.3. The molecule has 0 aromatic carbocycles. The third-order valence-electron chi connectivity index (χ3n) is 6.35. The Morgan fingerprint density at radius 2 is 1.04 bits per heavy atom. The minimum atomic E-state index is -6.23. The summed E-state index contributed by atoms with van der Waals surface area (Å²) < 4.78 is 80.9. The highest BCUT2D eigenvalue weighted by molar-refractivity contribution is 7.71. The lowest BCUT2D eigenvalue weighted by molar-refractivity contribution is -0.0543. The van der Waals surface area contributed by atoms with Crippen LogP contribution in [0.5, 0.6) is 0 Å². The second-order valence-corrected chi connectivity index (χ2v) is 16.5. The fraction of sp³-hybridized carbons (Fsp3) is 0.556. The second-order valence-electron chi connectivity index (χ2n) is 9.84. The molecule has 4 rings (SSSR count). The molecule has 10 N–H and O–H groups in total. The van der Waals surface area contributed by atoms with E-state index in [0.29, 0.717) is 4.57 Å². The van der Waals surface area contributed by atoms with Gasteiger partial charge in [0.2, 0.25) is 0 Å². The van der Waals surface area contributed by atoms with Crippen molar-refractivity contribution >= 4 is 43.5 Å². The Morgan fingerprint density at radius 3 is 1.45 bits per heavy atom. The van der Waals surface area contributed by atoms with E-state index >= 15 is 0 Å². The Balaban J connectivity index is 1.31. The third-order valence-corrected chi connectivity index (χ3v) is 12.5. The van der Waals surface area contributed by atoms with Crippen LogP contribution in [0.25, 0.3) is 0 Å². The molecule has 12 atom stereocenters. The maximum Gasteiger partial charge on any atom is 0.490 e. The van der Waals surface area contributed by atoms with Gasteiger partial charge in [0.25, 0.3) is 5.56 Å². The standard InChI is InChI=1S/C18H26N4O22P4S/c23-9-1-3-21(17(28)19-9)15-13(26)11(24)7(40-15)5-38-45(30,31)42-47(34,35)44-48(36,37)43-46(32,33)39-6-8-12(25)14(27)16(41-8)22-4-2-10(49)20-18(22)29/h1-4,7-8,11-16,24-27H,5-6H2,(H,30,31)(H,32,33)(H,34,35)(H,36,37)(H,19,23,28)(H,20,29,49)/t7-,8-,11+,12-,13-,14-,15-,16-/m1/s1. The topological polar surface area (TPSA) is 387 Å². The van der Waals surface area contributed by atoms with Crippen LogP contribution in [0, 0.1) is 4.64 Å². The van der Waals surface area contributed by atoms with Crippen LogP contribution >= 0.6 is 43.5 Å². The van der Waals surface area contributed by atoms with Gasteiger partial charge in [0, 0.05) is 18.5 Å². The van der Waals surface area contributed by atoms with Crippen molar-refractivity contribution in [2.24, 2.45) is 0 Å². The fourth-order valence-electron chi connectivity index (χ4n) is 4.25. The van der Waals surface area contributed by atoms with E-state index < -0.39 is 111 Å². The van der Waals surface area contributed by atoms with Gasteiger partial charge in [-0.3, -0.25) is 32.9 Å². The number of nitrogens with zero attached hydrogens (tertiary/aromatic N) is 2. The number of nitrogens with one attached hydrogen (secondary N) is 2. The fourth-order valence-corrected chi connectivity index (χ4v) is 9.35.